The van der Waals surface area contributed by atoms with Crippen molar-refractivity contribution in [1.29, 1.82) is 0 Å². The van der Waals surface area contributed by atoms with Crippen LogP contribution in [0.1, 0.15) is 36.8 Å². The molecule has 0 radical (unpaired) electrons. The number of amidine groups is 1. The van der Waals surface area contributed by atoms with Gasteiger partial charge < -0.3 is 16.3 Å². The molecule has 0 aliphatic heterocycles. The summed E-state index contributed by atoms with van der Waals surface area (Å²) >= 11 is 1.89. The SMILES string of the molecule is CSC1CCCCC1NCc1ccc(/C(N)=N/O)cc1F. The maximum absolute atomic E-state index is 14.0. The monoisotopic (exact) mass is 311 g/mol. The van der Waals surface area contributed by atoms with E-state index in [1.165, 1.54) is 25.3 Å². The van der Waals surface area contributed by atoms with Gasteiger partial charge in [0.1, 0.15) is 5.82 Å². The minimum Gasteiger partial charge on any atom is -0.409 e. The predicted octanol–water partition coefficient (Wildman–Crippen LogP) is 2.68. The fourth-order valence-corrected chi connectivity index (χ4v) is 3.72. The normalized spacial score (nSPS) is 23.2. The van der Waals surface area contributed by atoms with Crippen molar-refractivity contribution in [3.63, 3.8) is 0 Å². The second kappa shape index (κ2) is 7.66. The fourth-order valence-electron chi connectivity index (χ4n) is 2.76. The lowest BCUT2D eigenvalue weighted by atomic mass is 9.94. The molecule has 2 unspecified atom stereocenters. The lowest BCUT2D eigenvalue weighted by Gasteiger charge is -2.31. The number of thioether (sulfide) groups is 1. The standard InChI is InChI=1S/C15H22FN3OS/c1-21-14-5-3-2-4-13(14)18-9-11-7-6-10(8-12(11)16)15(17)19-20/h6-8,13-14,18,20H,2-5,9H2,1H3,(H2,17,19). The van der Waals surface area contributed by atoms with Crippen molar-refractivity contribution in [2.45, 2.75) is 43.5 Å². The van der Waals surface area contributed by atoms with Crippen molar-refractivity contribution in [3.05, 3.63) is 35.1 Å². The molecule has 2 atom stereocenters. The Balaban J connectivity index is 2.00. The topological polar surface area (TPSA) is 70.6 Å². The molecule has 1 aliphatic rings. The van der Waals surface area contributed by atoms with E-state index in [0.717, 1.165) is 6.42 Å². The molecule has 4 N–H and O–H groups in total. The Labute approximate surface area is 129 Å². The zero-order valence-corrected chi connectivity index (χ0v) is 13.0. The van der Waals surface area contributed by atoms with Crippen molar-refractivity contribution in [2.24, 2.45) is 10.9 Å². The van der Waals surface area contributed by atoms with Gasteiger partial charge in [-0.2, -0.15) is 11.8 Å². The summed E-state index contributed by atoms with van der Waals surface area (Å²) in [7, 11) is 0. The van der Waals surface area contributed by atoms with Crippen molar-refractivity contribution in [3.8, 4) is 0 Å². The summed E-state index contributed by atoms with van der Waals surface area (Å²) < 4.78 is 14.0. The molecule has 2 rings (SSSR count). The third-order valence-electron chi connectivity index (χ3n) is 4.02. The first kappa shape index (κ1) is 16.1. The quantitative estimate of drug-likeness (QED) is 0.338. The highest BCUT2D eigenvalue weighted by Crippen LogP contribution is 2.27. The van der Waals surface area contributed by atoms with Crippen molar-refractivity contribution in [1.82, 2.24) is 5.32 Å². The van der Waals surface area contributed by atoms with Gasteiger partial charge in [0.15, 0.2) is 5.84 Å². The van der Waals surface area contributed by atoms with E-state index >= 15 is 0 Å². The summed E-state index contributed by atoms with van der Waals surface area (Å²) in [6.07, 6.45) is 7.03. The number of oxime groups is 1. The molecule has 1 saturated carbocycles. The molecule has 4 nitrogen and oxygen atoms in total. The van der Waals surface area contributed by atoms with Crippen LogP contribution in [0.2, 0.25) is 0 Å². The van der Waals surface area contributed by atoms with Gasteiger partial charge in [0, 0.05) is 29.0 Å². The maximum Gasteiger partial charge on any atom is 0.170 e. The molecule has 0 saturated heterocycles. The Hall–Kier alpha value is -1.27. The Morgan fingerprint density at radius 3 is 2.90 bits per heavy atom. The summed E-state index contributed by atoms with van der Waals surface area (Å²) in [5.41, 5.74) is 6.45. The van der Waals surface area contributed by atoms with Crippen LogP contribution < -0.4 is 11.1 Å². The Bertz CT molecular complexity index is 510. The van der Waals surface area contributed by atoms with Crippen LogP contribution in [-0.2, 0) is 6.54 Å². The first-order valence-corrected chi connectivity index (χ1v) is 8.47. The largest absolute Gasteiger partial charge is 0.409 e. The Morgan fingerprint density at radius 1 is 1.48 bits per heavy atom. The zero-order chi connectivity index (χ0) is 15.2. The summed E-state index contributed by atoms with van der Waals surface area (Å²) in [6.45, 7) is 0.504. The molecule has 0 spiro atoms. The van der Waals surface area contributed by atoms with E-state index in [1.54, 1.807) is 12.1 Å². The number of nitrogens with one attached hydrogen (secondary N) is 1. The van der Waals surface area contributed by atoms with Gasteiger partial charge in [0.2, 0.25) is 0 Å². The van der Waals surface area contributed by atoms with Gasteiger partial charge in [-0.3, -0.25) is 0 Å². The van der Waals surface area contributed by atoms with Crippen LogP contribution in [0, 0.1) is 5.82 Å². The number of hydrogen-bond donors (Lipinski definition) is 3. The number of benzene rings is 1. The smallest absolute Gasteiger partial charge is 0.170 e. The van der Waals surface area contributed by atoms with E-state index < -0.39 is 0 Å². The molecule has 1 aromatic carbocycles. The maximum atomic E-state index is 14.0. The minimum atomic E-state index is -0.330. The highest BCUT2D eigenvalue weighted by molar-refractivity contribution is 7.99. The van der Waals surface area contributed by atoms with E-state index in [0.29, 0.717) is 29.0 Å². The fraction of sp³-hybridized carbons (Fsp3) is 0.533. The molecule has 0 bridgehead atoms. The lowest BCUT2D eigenvalue weighted by Crippen LogP contribution is -2.40. The van der Waals surface area contributed by atoms with Crippen LogP contribution in [-0.4, -0.2) is 28.6 Å². The third kappa shape index (κ3) is 4.11. The number of hydrogen-bond acceptors (Lipinski definition) is 4. The van der Waals surface area contributed by atoms with Crippen molar-refractivity contribution >= 4 is 17.6 Å². The van der Waals surface area contributed by atoms with Crippen LogP contribution in [0.5, 0.6) is 0 Å². The molecule has 1 fully saturated rings. The Kier molecular flexibility index (Phi) is 5.87. The van der Waals surface area contributed by atoms with Gasteiger partial charge in [-0.1, -0.05) is 30.1 Å². The molecule has 0 aromatic heterocycles. The molecule has 6 heteroatoms. The first-order valence-electron chi connectivity index (χ1n) is 7.18. The molecular weight excluding hydrogens is 289 g/mol. The first-order chi connectivity index (χ1) is 10.2. The Morgan fingerprint density at radius 2 is 2.24 bits per heavy atom. The number of nitrogens with two attached hydrogens (primary N) is 1. The van der Waals surface area contributed by atoms with Gasteiger partial charge in [-0.25, -0.2) is 4.39 Å². The molecule has 21 heavy (non-hydrogen) atoms. The average molecular weight is 311 g/mol. The van der Waals surface area contributed by atoms with E-state index in [1.807, 2.05) is 11.8 Å². The van der Waals surface area contributed by atoms with Crippen LogP contribution in [0.3, 0.4) is 0 Å². The van der Waals surface area contributed by atoms with Crippen LogP contribution in [0.15, 0.2) is 23.4 Å². The second-order valence-electron chi connectivity index (χ2n) is 5.34. The number of halogens is 1. The van der Waals surface area contributed by atoms with Crippen LogP contribution in [0.4, 0.5) is 4.39 Å². The molecule has 116 valence electrons. The third-order valence-corrected chi connectivity index (χ3v) is 5.19. The molecular formula is C15H22FN3OS. The molecule has 1 aliphatic carbocycles. The van der Waals surface area contributed by atoms with Gasteiger partial charge in [0.25, 0.3) is 0 Å². The van der Waals surface area contributed by atoms with E-state index in [9.17, 15) is 4.39 Å². The van der Waals surface area contributed by atoms with E-state index in [4.69, 9.17) is 10.9 Å². The second-order valence-corrected chi connectivity index (χ2v) is 6.41. The summed E-state index contributed by atoms with van der Waals surface area (Å²) in [5.74, 6) is -0.411. The number of rotatable bonds is 5. The van der Waals surface area contributed by atoms with Crippen molar-refractivity contribution in [2.75, 3.05) is 6.26 Å². The minimum absolute atomic E-state index is 0.0804. The summed E-state index contributed by atoms with van der Waals surface area (Å²) in [5, 5.41) is 15.6. The predicted molar refractivity (Wildman–Crippen MR) is 85.3 cm³/mol. The van der Waals surface area contributed by atoms with E-state index in [2.05, 4.69) is 16.7 Å². The van der Waals surface area contributed by atoms with Gasteiger partial charge in [0.05, 0.1) is 0 Å². The summed E-state index contributed by atoms with van der Waals surface area (Å²) in [4.78, 5) is 0. The highest BCUT2D eigenvalue weighted by atomic mass is 32.2. The van der Waals surface area contributed by atoms with Crippen molar-refractivity contribution < 1.29 is 9.60 Å². The van der Waals surface area contributed by atoms with E-state index in [-0.39, 0.29) is 11.7 Å². The molecule has 0 amide bonds. The highest BCUT2D eigenvalue weighted by Gasteiger charge is 2.23. The van der Waals surface area contributed by atoms with Gasteiger partial charge in [-0.05, 0) is 25.2 Å². The molecule has 0 heterocycles. The van der Waals surface area contributed by atoms with Crippen LogP contribution >= 0.6 is 11.8 Å². The average Bonchev–Trinajstić information content (AvgIpc) is 2.53. The number of nitrogens with zero attached hydrogens (tertiary/aromatic N) is 1. The van der Waals surface area contributed by atoms with Gasteiger partial charge >= 0.3 is 0 Å². The zero-order valence-electron chi connectivity index (χ0n) is 12.2. The van der Waals surface area contributed by atoms with Gasteiger partial charge in [-0.15, -0.1) is 0 Å². The summed E-state index contributed by atoms with van der Waals surface area (Å²) in [6, 6.07) is 5.10. The molecule has 1 aromatic rings. The lowest BCUT2D eigenvalue weighted by molar-refractivity contribution is 0.318. The van der Waals surface area contributed by atoms with Crippen LogP contribution in [0.25, 0.3) is 0 Å².